The lowest BCUT2D eigenvalue weighted by Gasteiger charge is -2.29. The fourth-order valence-corrected chi connectivity index (χ4v) is 2.41. The summed E-state index contributed by atoms with van der Waals surface area (Å²) in [5.41, 5.74) is 1.30. The Kier molecular flexibility index (Phi) is 6.78. The zero-order chi connectivity index (χ0) is 12.7. The van der Waals surface area contributed by atoms with Crippen molar-refractivity contribution in [1.82, 2.24) is 4.90 Å². The molecule has 2 nitrogen and oxygen atoms in total. The van der Waals surface area contributed by atoms with Crippen LogP contribution in [0.4, 0.5) is 0 Å². The number of aliphatic hydroxyl groups excluding tert-OH is 1. The van der Waals surface area contributed by atoms with E-state index in [4.69, 9.17) is 5.11 Å². The van der Waals surface area contributed by atoms with Crippen molar-refractivity contribution in [3.63, 3.8) is 0 Å². The molecule has 0 aliphatic rings. The predicted octanol–water partition coefficient (Wildman–Crippen LogP) is 3.43. The van der Waals surface area contributed by atoms with Crippen molar-refractivity contribution in [2.75, 3.05) is 13.2 Å². The Balaban J connectivity index is 2.68. The van der Waals surface area contributed by atoms with Crippen LogP contribution in [0.15, 0.2) is 28.7 Å². The fraction of sp³-hybridized carbons (Fsp3) is 0.571. The van der Waals surface area contributed by atoms with Crippen molar-refractivity contribution in [2.24, 2.45) is 0 Å². The minimum atomic E-state index is 0.229. The van der Waals surface area contributed by atoms with Crippen LogP contribution in [0.5, 0.6) is 0 Å². The van der Waals surface area contributed by atoms with E-state index in [1.54, 1.807) is 0 Å². The molecule has 0 radical (unpaired) electrons. The third-order valence-electron chi connectivity index (χ3n) is 3.15. The Hall–Kier alpha value is -0.380. The Bertz CT molecular complexity index is 309. The monoisotopic (exact) mass is 299 g/mol. The van der Waals surface area contributed by atoms with Crippen molar-refractivity contribution >= 4 is 15.9 Å². The van der Waals surface area contributed by atoms with Gasteiger partial charge in [-0.05, 0) is 30.5 Å². The molecule has 0 amide bonds. The lowest BCUT2D eigenvalue weighted by molar-refractivity contribution is 0.136. The zero-order valence-electron chi connectivity index (χ0n) is 10.7. The van der Waals surface area contributed by atoms with Crippen LogP contribution in [0.3, 0.4) is 0 Å². The first-order valence-corrected chi connectivity index (χ1v) is 7.09. The first-order chi connectivity index (χ1) is 8.21. The van der Waals surface area contributed by atoms with Gasteiger partial charge >= 0.3 is 0 Å². The molecule has 17 heavy (non-hydrogen) atoms. The summed E-state index contributed by atoms with van der Waals surface area (Å²) in [4.78, 5) is 2.36. The quantitative estimate of drug-likeness (QED) is 0.834. The molecule has 0 saturated carbocycles. The Morgan fingerprint density at radius 1 is 1.18 bits per heavy atom. The SMILES string of the molecule is CCC(CC)N(CCO)Cc1ccc(Br)cc1. The van der Waals surface area contributed by atoms with Gasteiger partial charge in [0.05, 0.1) is 6.61 Å². The summed E-state index contributed by atoms with van der Waals surface area (Å²) < 4.78 is 1.11. The molecule has 1 aromatic carbocycles. The summed E-state index contributed by atoms with van der Waals surface area (Å²) in [5, 5.41) is 9.15. The second kappa shape index (κ2) is 7.85. The van der Waals surface area contributed by atoms with Gasteiger partial charge in [-0.25, -0.2) is 0 Å². The number of aliphatic hydroxyl groups is 1. The summed E-state index contributed by atoms with van der Waals surface area (Å²) in [5.74, 6) is 0. The van der Waals surface area contributed by atoms with Gasteiger partial charge in [0.25, 0.3) is 0 Å². The molecule has 1 rings (SSSR count). The number of halogens is 1. The van der Waals surface area contributed by atoms with Gasteiger partial charge in [0.1, 0.15) is 0 Å². The molecule has 0 aliphatic carbocycles. The smallest absolute Gasteiger partial charge is 0.0558 e. The van der Waals surface area contributed by atoms with Crippen molar-refractivity contribution in [1.29, 1.82) is 0 Å². The highest BCUT2D eigenvalue weighted by atomic mass is 79.9. The van der Waals surface area contributed by atoms with Crippen molar-refractivity contribution in [3.8, 4) is 0 Å². The highest BCUT2D eigenvalue weighted by Crippen LogP contribution is 2.15. The van der Waals surface area contributed by atoms with Crippen LogP contribution in [0, 0.1) is 0 Å². The Labute approximate surface area is 113 Å². The molecule has 0 saturated heterocycles. The Morgan fingerprint density at radius 3 is 2.24 bits per heavy atom. The van der Waals surface area contributed by atoms with Crippen LogP contribution in [0.25, 0.3) is 0 Å². The van der Waals surface area contributed by atoms with E-state index in [-0.39, 0.29) is 6.61 Å². The summed E-state index contributed by atoms with van der Waals surface area (Å²) in [6.45, 7) is 6.32. The number of rotatable bonds is 7. The van der Waals surface area contributed by atoms with Crippen LogP contribution < -0.4 is 0 Å². The van der Waals surface area contributed by atoms with Crippen molar-refractivity contribution in [3.05, 3.63) is 34.3 Å². The molecule has 0 heterocycles. The maximum Gasteiger partial charge on any atom is 0.0558 e. The van der Waals surface area contributed by atoms with Gasteiger partial charge in [-0.1, -0.05) is 41.9 Å². The van der Waals surface area contributed by atoms with E-state index in [1.165, 1.54) is 5.56 Å². The van der Waals surface area contributed by atoms with E-state index in [9.17, 15) is 0 Å². The maximum absolute atomic E-state index is 9.15. The number of nitrogens with zero attached hydrogens (tertiary/aromatic N) is 1. The fourth-order valence-electron chi connectivity index (χ4n) is 2.15. The molecule has 0 fully saturated rings. The Morgan fingerprint density at radius 2 is 1.76 bits per heavy atom. The van der Waals surface area contributed by atoms with Gasteiger partial charge in [0.15, 0.2) is 0 Å². The van der Waals surface area contributed by atoms with Crippen molar-refractivity contribution in [2.45, 2.75) is 39.3 Å². The van der Waals surface area contributed by atoms with Gasteiger partial charge in [0, 0.05) is 23.6 Å². The first-order valence-electron chi connectivity index (χ1n) is 6.30. The molecular formula is C14H22BrNO. The van der Waals surface area contributed by atoms with E-state index in [0.29, 0.717) is 6.04 Å². The molecule has 1 aromatic rings. The summed E-state index contributed by atoms with van der Waals surface area (Å²) in [6.07, 6.45) is 2.26. The van der Waals surface area contributed by atoms with Gasteiger partial charge in [0.2, 0.25) is 0 Å². The highest BCUT2D eigenvalue weighted by molar-refractivity contribution is 9.10. The van der Waals surface area contributed by atoms with Crippen LogP contribution in [0.2, 0.25) is 0 Å². The third kappa shape index (κ3) is 4.78. The average Bonchev–Trinajstić information content (AvgIpc) is 2.34. The second-order valence-electron chi connectivity index (χ2n) is 4.29. The van der Waals surface area contributed by atoms with Crippen LogP contribution in [-0.4, -0.2) is 29.2 Å². The van der Waals surface area contributed by atoms with Crippen LogP contribution in [-0.2, 0) is 6.54 Å². The standard InChI is InChI=1S/C14H22BrNO/c1-3-14(4-2)16(9-10-17)11-12-5-7-13(15)8-6-12/h5-8,14,17H,3-4,9-11H2,1-2H3. The largest absolute Gasteiger partial charge is 0.395 e. The molecule has 0 unspecified atom stereocenters. The normalized spacial score (nSPS) is 11.4. The molecule has 0 spiro atoms. The summed E-state index contributed by atoms with van der Waals surface area (Å²) in [6, 6.07) is 8.97. The molecule has 96 valence electrons. The van der Waals surface area contributed by atoms with Gasteiger partial charge in [-0.15, -0.1) is 0 Å². The summed E-state index contributed by atoms with van der Waals surface area (Å²) in [7, 11) is 0. The average molecular weight is 300 g/mol. The molecular weight excluding hydrogens is 278 g/mol. The molecule has 3 heteroatoms. The highest BCUT2D eigenvalue weighted by Gasteiger charge is 2.14. The van der Waals surface area contributed by atoms with E-state index in [0.717, 1.165) is 30.4 Å². The minimum Gasteiger partial charge on any atom is -0.395 e. The van der Waals surface area contributed by atoms with Gasteiger partial charge in [-0.3, -0.25) is 4.90 Å². The lowest BCUT2D eigenvalue weighted by Crippen LogP contribution is -2.36. The zero-order valence-corrected chi connectivity index (χ0v) is 12.3. The molecule has 0 bridgehead atoms. The molecule has 0 atom stereocenters. The number of benzene rings is 1. The minimum absolute atomic E-state index is 0.229. The maximum atomic E-state index is 9.15. The first kappa shape index (κ1) is 14.7. The molecule has 0 aromatic heterocycles. The topological polar surface area (TPSA) is 23.5 Å². The van der Waals surface area contributed by atoms with Crippen LogP contribution >= 0.6 is 15.9 Å². The van der Waals surface area contributed by atoms with Gasteiger partial charge in [-0.2, -0.15) is 0 Å². The van der Waals surface area contributed by atoms with E-state index in [2.05, 4.69) is 58.9 Å². The number of hydrogen-bond donors (Lipinski definition) is 1. The van der Waals surface area contributed by atoms with E-state index >= 15 is 0 Å². The van der Waals surface area contributed by atoms with Crippen molar-refractivity contribution < 1.29 is 5.11 Å². The van der Waals surface area contributed by atoms with E-state index in [1.807, 2.05) is 0 Å². The van der Waals surface area contributed by atoms with Gasteiger partial charge < -0.3 is 5.11 Å². The predicted molar refractivity (Wildman–Crippen MR) is 76.0 cm³/mol. The second-order valence-corrected chi connectivity index (χ2v) is 5.21. The third-order valence-corrected chi connectivity index (χ3v) is 3.67. The molecule has 1 N–H and O–H groups in total. The molecule has 0 aliphatic heterocycles. The van der Waals surface area contributed by atoms with E-state index < -0.39 is 0 Å². The van der Waals surface area contributed by atoms with Crippen LogP contribution in [0.1, 0.15) is 32.3 Å². The number of hydrogen-bond acceptors (Lipinski definition) is 2. The lowest BCUT2D eigenvalue weighted by atomic mass is 10.1. The summed E-state index contributed by atoms with van der Waals surface area (Å²) >= 11 is 3.45.